The van der Waals surface area contributed by atoms with Crippen LogP contribution in [0.3, 0.4) is 0 Å². The zero-order chi connectivity index (χ0) is 31.0. The highest BCUT2D eigenvalue weighted by Crippen LogP contribution is 2.30. The normalized spacial score (nSPS) is 14.4. The van der Waals surface area contributed by atoms with Crippen molar-refractivity contribution >= 4 is 27.5 Å². The molecule has 0 saturated heterocycles. The van der Waals surface area contributed by atoms with Crippen LogP contribution in [-0.4, -0.2) is 56.7 Å². The first-order chi connectivity index (χ1) is 20.5. The molecule has 7 nitrogen and oxygen atoms in total. The SMILES string of the molecule is CN(C)CC1Cc2ccccc2N(C(=O)CCc2ccc(C(=O)c3ccccc3)cc2)C1.Cc1ccc(S(=O)(=O)O)cc1. The fourth-order valence-corrected chi connectivity index (χ4v) is 5.71. The Hall–Kier alpha value is -4.11. The first-order valence-electron chi connectivity index (χ1n) is 14.3. The Morgan fingerprint density at radius 2 is 1.44 bits per heavy atom. The molecule has 4 aromatic rings. The third kappa shape index (κ3) is 8.94. The van der Waals surface area contributed by atoms with Gasteiger partial charge in [0.2, 0.25) is 5.91 Å². The third-order valence-corrected chi connectivity index (χ3v) is 8.22. The standard InChI is InChI=1S/C28H30N2O2.C7H8O3S/c1-29(2)19-22-18-25-10-6-7-11-26(25)30(20-22)27(31)17-14-21-12-15-24(16-13-21)28(32)23-8-4-3-5-9-23;1-6-2-4-7(5-3-6)11(8,9)10/h3-13,15-16,22H,14,17-20H2,1-2H3;2-5H,1H3,(H,8,9,10). The van der Waals surface area contributed by atoms with Gasteiger partial charge in [-0.15, -0.1) is 0 Å². The highest BCUT2D eigenvalue weighted by Gasteiger charge is 2.28. The summed E-state index contributed by atoms with van der Waals surface area (Å²) in [5, 5.41) is 0. The summed E-state index contributed by atoms with van der Waals surface area (Å²) in [5.74, 6) is 0.613. The van der Waals surface area contributed by atoms with Gasteiger partial charge in [-0.25, -0.2) is 0 Å². The van der Waals surface area contributed by atoms with Crippen LogP contribution in [-0.2, 0) is 27.8 Å². The van der Waals surface area contributed by atoms with E-state index in [0.29, 0.717) is 29.9 Å². The molecule has 1 N–H and O–H groups in total. The van der Waals surface area contributed by atoms with Crippen molar-refractivity contribution in [2.75, 3.05) is 32.1 Å². The molecule has 0 aromatic heterocycles. The molecule has 0 radical (unpaired) electrons. The summed E-state index contributed by atoms with van der Waals surface area (Å²) < 4.78 is 29.6. The smallest absolute Gasteiger partial charge is 0.294 e. The van der Waals surface area contributed by atoms with E-state index in [9.17, 15) is 18.0 Å². The van der Waals surface area contributed by atoms with E-state index in [4.69, 9.17) is 4.55 Å². The molecule has 5 rings (SSSR count). The van der Waals surface area contributed by atoms with E-state index in [0.717, 1.165) is 36.3 Å². The minimum absolute atomic E-state index is 0.0186. The fraction of sp³-hybridized carbons (Fsp3) is 0.257. The number of nitrogens with zero attached hydrogens (tertiary/aromatic N) is 2. The van der Waals surface area contributed by atoms with Crippen LogP contribution < -0.4 is 4.90 Å². The molecule has 1 aliphatic heterocycles. The quantitative estimate of drug-likeness (QED) is 0.202. The van der Waals surface area contributed by atoms with Gasteiger partial charge in [0.1, 0.15) is 0 Å². The number of hydrogen-bond acceptors (Lipinski definition) is 5. The maximum atomic E-state index is 13.2. The molecule has 0 fully saturated rings. The summed E-state index contributed by atoms with van der Waals surface area (Å²) in [6, 6.07) is 31.2. The summed E-state index contributed by atoms with van der Waals surface area (Å²) in [7, 11) is 0.145. The lowest BCUT2D eigenvalue weighted by molar-refractivity contribution is -0.118. The van der Waals surface area contributed by atoms with Crippen LogP contribution in [0.15, 0.2) is 108 Å². The van der Waals surface area contributed by atoms with Gasteiger partial charge in [0, 0.05) is 36.3 Å². The van der Waals surface area contributed by atoms with Gasteiger partial charge in [-0.3, -0.25) is 14.1 Å². The van der Waals surface area contributed by atoms with E-state index in [2.05, 4.69) is 37.2 Å². The Morgan fingerprint density at radius 1 is 0.837 bits per heavy atom. The average Bonchev–Trinajstić information content (AvgIpc) is 2.99. The summed E-state index contributed by atoms with van der Waals surface area (Å²) >= 11 is 0. The van der Waals surface area contributed by atoms with E-state index < -0.39 is 10.1 Å². The number of rotatable bonds is 8. The van der Waals surface area contributed by atoms with Crippen LogP contribution in [0.2, 0.25) is 0 Å². The molecule has 0 saturated carbocycles. The van der Waals surface area contributed by atoms with Crippen molar-refractivity contribution in [2.45, 2.75) is 31.1 Å². The Bertz CT molecular complexity index is 1630. The van der Waals surface area contributed by atoms with Crippen molar-refractivity contribution in [1.29, 1.82) is 0 Å². The number of anilines is 1. The first-order valence-corrected chi connectivity index (χ1v) is 15.7. The number of carbonyl (C=O) groups excluding carboxylic acids is 2. The number of ketones is 1. The van der Waals surface area contributed by atoms with Crippen molar-refractivity contribution < 1.29 is 22.6 Å². The number of fused-ring (bicyclic) bond motifs is 1. The monoisotopic (exact) mass is 598 g/mol. The molecular formula is C35H38N2O5S. The lowest BCUT2D eigenvalue weighted by atomic mass is 9.91. The first kappa shape index (κ1) is 31.8. The number of carbonyl (C=O) groups is 2. The topological polar surface area (TPSA) is 95.0 Å². The lowest BCUT2D eigenvalue weighted by Crippen LogP contribution is -2.43. The Kier molecular flexibility index (Phi) is 10.6. The molecule has 224 valence electrons. The van der Waals surface area contributed by atoms with Gasteiger partial charge in [-0.2, -0.15) is 8.42 Å². The molecule has 1 aliphatic rings. The molecule has 1 atom stereocenters. The minimum Gasteiger partial charge on any atom is -0.312 e. The Balaban J connectivity index is 0.000000324. The number of amides is 1. The van der Waals surface area contributed by atoms with Crippen LogP contribution in [0.5, 0.6) is 0 Å². The van der Waals surface area contributed by atoms with Gasteiger partial charge in [-0.05, 0) is 69.1 Å². The predicted molar refractivity (Wildman–Crippen MR) is 170 cm³/mol. The highest BCUT2D eigenvalue weighted by atomic mass is 32.2. The largest absolute Gasteiger partial charge is 0.312 e. The molecule has 1 heterocycles. The van der Waals surface area contributed by atoms with Crippen LogP contribution >= 0.6 is 0 Å². The Morgan fingerprint density at radius 3 is 2.07 bits per heavy atom. The maximum absolute atomic E-state index is 13.2. The molecule has 1 unspecified atom stereocenters. The van der Waals surface area contributed by atoms with Gasteiger partial charge in [0.25, 0.3) is 10.1 Å². The number of hydrogen-bond donors (Lipinski definition) is 1. The van der Waals surface area contributed by atoms with Gasteiger partial charge in [0.05, 0.1) is 4.90 Å². The summed E-state index contributed by atoms with van der Waals surface area (Å²) in [6.45, 7) is 3.57. The van der Waals surface area contributed by atoms with Crippen LogP contribution in [0.25, 0.3) is 0 Å². The van der Waals surface area contributed by atoms with Crippen LogP contribution in [0.1, 0.15) is 39.0 Å². The van der Waals surface area contributed by atoms with Crippen molar-refractivity contribution in [3.8, 4) is 0 Å². The molecule has 1 amide bonds. The molecular weight excluding hydrogens is 560 g/mol. The van der Waals surface area contributed by atoms with E-state index in [-0.39, 0.29) is 16.6 Å². The lowest BCUT2D eigenvalue weighted by Gasteiger charge is -2.36. The van der Waals surface area contributed by atoms with Gasteiger partial charge in [-0.1, -0.05) is 90.5 Å². The molecule has 8 heteroatoms. The minimum atomic E-state index is -4.02. The fourth-order valence-electron chi connectivity index (χ4n) is 5.23. The Labute approximate surface area is 254 Å². The summed E-state index contributed by atoms with van der Waals surface area (Å²) in [4.78, 5) is 29.9. The summed E-state index contributed by atoms with van der Waals surface area (Å²) in [6.07, 6.45) is 2.12. The zero-order valence-electron chi connectivity index (χ0n) is 24.8. The molecule has 0 bridgehead atoms. The number of aryl methyl sites for hydroxylation is 2. The molecule has 0 spiro atoms. The molecule has 0 aliphatic carbocycles. The van der Waals surface area contributed by atoms with Crippen molar-refractivity contribution in [2.24, 2.45) is 5.92 Å². The predicted octanol–water partition coefficient (Wildman–Crippen LogP) is 5.86. The van der Waals surface area contributed by atoms with E-state index >= 15 is 0 Å². The van der Waals surface area contributed by atoms with E-state index in [1.165, 1.54) is 17.7 Å². The van der Waals surface area contributed by atoms with Crippen molar-refractivity contribution in [1.82, 2.24) is 4.90 Å². The molecule has 4 aromatic carbocycles. The second-order valence-electron chi connectivity index (χ2n) is 11.1. The maximum Gasteiger partial charge on any atom is 0.294 e. The second kappa shape index (κ2) is 14.4. The van der Waals surface area contributed by atoms with Gasteiger partial charge in [0.15, 0.2) is 5.78 Å². The zero-order valence-corrected chi connectivity index (χ0v) is 25.6. The van der Waals surface area contributed by atoms with Crippen LogP contribution in [0, 0.1) is 12.8 Å². The number of benzene rings is 4. The average molecular weight is 599 g/mol. The summed E-state index contributed by atoms with van der Waals surface area (Å²) in [5.41, 5.74) is 5.68. The van der Waals surface area contributed by atoms with Gasteiger partial charge < -0.3 is 9.80 Å². The van der Waals surface area contributed by atoms with E-state index in [1.807, 2.05) is 72.5 Å². The second-order valence-corrected chi connectivity index (χ2v) is 12.6. The van der Waals surface area contributed by atoms with Crippen LogP contribution in [0.4, 0.5) is 5.69 Å². The number of para-hydroxylation sites is 1. The molecule has 43 heavy (non-hydrogen) atoms. The van der Waals surface area contributed by atoms with Gasteiger partial charge >= 0.3 is 0 Å². The third-order valence-electron chi connectivity index (χ3n) is 7.35. The van der Waals surface area contributed by atoms with E-state index in [1.54, 1.807) is 12.1 Å². The highest BCUT2D eigenvalue weighted by molar-refractivity contribution is 7.85. The van der Waals surface area contributed by atoms with Crippen molar-refractivity contribution in [3.05, 3.63) is 131 Å². The van der Waals surface area contributed by atoms with Crippen molar-refractivity contribution in [3.63, 3.8) is 0 Å².